The van der Waals surface area contributed by atoms with E-state index in [2.05, 4.69) is 15.8 Å². The predicted molar refractivity (Wildman–Crippen MR) is 132 cm³/mol. The maximum absolute atomic E-state index is 12.9. The number of nitrogens with one attached hydrogen (secondary N) is 2. The summed E-state index contributed by atoms with van der Waals surface area (Å²) in [5.41, 5.74) is 3.60. The number of nitrogens with zero attached hydrogens (tertiary/aromatic N) is 1. The number of benzene rings is 3. The highest BCUT2D eigenvalue weighted by Gasteiger charge is 2.15. The zero-order chi connectivity index (χ0) is 25.2. The van der Waals surface area contributed by atoms with E-state index in [0.29, 0.717) is 28.2 Å². The van der Waals surface area contributed by atoms with Crippen molar-refractivity contribution in [2.75, 3.05) is 21.3 Å². The molecule has 3 N–H and O–H groups in total. The molecule has 0 unspecified atom stereocenters. The molecule has 3 aromatic carbocycles. The second kappa shape index (κ2) is 11.9. The molecule has 0 fully saturated rings. The van der Waals surface area contributed by atoms with E-state index in [-0.39, 0.29) is 17.2 Å². The van der Waals surface area contributed by atoms with Crippen LogP contribution in [0.3, 0.4) is 0 Å². The first-order valence-electron chi connectivity index (χ1n) is 10.5. The van der Waals surface area contributed by atoms with Gasteiger partial charge in [-0.3, -0.25) is 9.59 Å². The molecule has 2 amide bonds. The van der Waals surface area contributed by atoms with Gasteiger partial charge in [0.2, 0.25) is 0 Å². The van der Waals surface area contributed by atoms with Crippen molar-refractivity contribution in [3.8, 4) is 23.0 Å². The molecule has 0 aliphatic rings. The molecular weight excluding hydrogens is 450 g/mol. The van der Waals surface area contributed by atoms with Crippen molar-refractivity contribution in [1.29, 1.82) is 0 Å². The van der Waals surface area contributed by atoms with Gasteiger partial charge in [0, 0.05) is 11.1 Å². The molecule has 0 aliphatic carbocycles. The van der Waals surface area contributed by atoms with Crippen LogP contribution in [0.5, 0.6) is 23.0 Å². The van der Waals surface area contributed by atoms with Gasteiger partial charge in [-0.05, 0) is 48.0 Å². The summed E-state index contributed by atoms with van der Waals surface area (Å²) >= 11 is 0. The standard InChI is InChI=1S/C26H25N3O6/c1-33-21-13-12-17(15-23(21)35-3)14-20(28-25(31)18-8-5-4-6-9-18)26(32)29-27-16-19-10-7-11-22(34-2)24(19)30/h4-16,30H,1-3H3,(H,28,31)(H,29,32)/b20-14?,27-16+. The van der Waals surface area contributed by atoms with Crippen molar-refractivity contribution in [1.82, 2.24) is 10.7 Å². The van der Waals surface area contributed by atoms with Crippen LogP contribution in [-0.2, 0) is 4.79 Å². The van der Waals surface area contributed by atoms with Crippen molar-refractivity contribution in [3.63, 3.8) is 0 Å². The predicted octanol–water partition coefficient (Wildman–Crippen LogP) is 3.34. The zero-order valence-corrected chi connectivity index (χ0v) is 19.4. The number of phenols is 1. The Morgan fingerprint density at radius 2 is 1.57 bits per heavy atom. The van der Waals surface area contributed by atoms with E-state index in [9.17, 15) is 14.7 Å². The number of rotatable bonds is 9. The number of hydrogen-bond donors (Lipinski definition) is 3. The second-order valence-electron chi connectivity index (χ2n) is 7.09. The number of para-hydroxylation sites is 1. The third-order valence-electron chi connectivity index (χ3n) is 4.87. The second-order valence-corrected chi connectivity index (χ2v) is 7.09. The quantitative estimate of drug-likeness (QED) is 0.248. The summed E-state index contributed by atoms with van der Waals surface area (Å²) in [7, 11) is 4.45. The van der Waals surface area contributed by atoms with E-state index >= 15 is 0 Å². The topological polar surface area (TPSA) is 118 Å². The van der Waals surface area contributed by atoms with E-state index in [0.717, 1.165) is 0 Å². The van der Waals surface area contributed by atoms with Gasteiger partial charge in [0.1, 0.15) is 5.70 Å². The van der Waals surface area contributed by atoms with Gasteiger partial charge in [0.25, 0.3) is 11.8 Å². The minimum absolute atomic E-state index is 0.0573. The lowest BCUT2D eigenvalue weighted by Crippen LogP contribution is -2.32. The summed E-state index contributed by atoms with van der Waals surface area (Å²) < 4.78 is 15.6. The van der Waals surface area contributed by atoms with Crippen molar-refractivity contribution >= 4 is 24.1 Å². The van der Waals surface area contributed by atoms with Crippen LogP contribution in [0.1, 0.15) is 21.5 Å². The molecule has 9 heteroatoms. The summed E-state index contributed by atoms with van der Waals surface area (Å²) in [6, 6.07) is 18.4. The number of methoxy groups -OCH3 is 3. The molecule has 9 nitrogen and oxygen atoms in total. The van der Waals surface area contributed by atoms with Crippen LogP contribution in [0.2, 0.25) is 0 Å². The molecule has 0 radical (unpaired) electrons. The highest BCUT2D eigenvalue weighted by atomic mass is 16.5. The largest absolute Gasteiger partial charge is 0.504 e. The Balaban J connectivity index is 1.88. The summed E-state index contributed by atoms with van der Waals surface area (Å²) in [6.45, 7) is 0. The number of hydrazone groups is 1. The Bertz CT molecular complexity index is 1260. The third-order valence-corrected chi connectivity index (χ3v) is 4.87. The highest BCUT2D eigenvalue weighted by Crippen LogP contribution is 2.29. The number of carbonyl (C=O) groups excluding carboxylic acids is 2. The number of ether oxygens (including phenoxy) is 3. The lowest BCUT2D eigenvalue weighted by molar-refractivity contribution is -0.117. The van der Waals surface area contributed by atoms with E-state index in [1.54, 1.807) is 66.7 Å². The SMILES string of the molecule is COc1ccc(C=C(NC(=O)c2ccccc2)C(=O)N/N=C/c2cccc(OC)c2O)cc1OC. The number of carbonyl (C=O) groups is 2. The van der Waals surface area contributed by atoms with Gasteiger partial charge in [-0.25, -0.2) is 5.43 Å². The molecule has 0 saturated heterocycles. The van der Waals surface area contributed by atoms with Gasteiger partial charge in [-0.2, -0.15) is 5.10 Å². The maximum Gasteiger partial charge on any atom is 0.287 e. The van der Waals surface area contributed by atoms with Gasteiger partial charge in [-0.1, -0.05) is 30.3 Å². The number of aromatic hydroxyl groups is 1. The molecule has 35 heavy (non-hydrogen) atoms. The fourth-order valence-electron chi connectivity index (χ4n) is 3.08. The molecule has 0 saturated carbocycles. The zero-order valence-electron chi connectivity index (χ0n) is 19.4. The van der Waals surface area contributed by atoms with Gasteiger partial charge in [0.15, 0.2) is 23.0 Å². The minimum atomic E-state index is -0.678. The van der Waals surface area contributed by atoms with Crippen LogP contribution in [0.15, 0.2) is 77.5 Å². The molecule has 180 valence electrons. The number of amides is 2. The Morgan fingerprint density at radius 3 is 2.26 bits per heavy atom. The van der Waals surface area contributed by atoms with E-state index in [1.165, 1.54) is 33.6 Å². The third kappa shape index (κ3) is 6.38. The smallest absolute Gasteiger partial charge is 0.287 e. The summed E-state index contributed by atoms with van der Waals surface area (Å²) in [6.07, 6.45) is 2.75. The fourth-order valence-corrected chi connectivity index (χ4v) is 3.08. The fraction of sp³-hybridized carbons (Fsp3) is 0.115. The normalized spacial score (nSPS) is 11.1. The summed E-state index contributed by atoms with van der Waals surface area (Å²) in [5, 5.41) is 16.7. The Kier molecular flexibility index (Phi) is 8.44. The van der Waals surface area contributed by atoms with Crippen molar-refractivity contribution in [3.05, 3.63) is 89.1 Å². The van der Waals surface area contributed by atoms with Crippen LogP contribution in [0.25, 0.3) is 6.08 Å². The first-order valence-corrected chi connectivity index (χ1v) is 10.5. The number of phenolic OH excluding ortho intramolecular Hbond substituents is 1. The van der Waals surface area contributed by atoms with Crippen LogP contribution in [-0.4, -0.2) is 44.5 Å². The van der Waals surface area contributed by atoms with Crippen LogP contribution in [0, 0.1) is 0 Å². The minimum Gasteiger partial charge on any atom is -0.504 e. The summed E-state index contributed by atoms with van der Waals surface area (Å²) in [4.78, 5) is 25.7. The lowest BCUT2D eigenvalue weighted by atomic mass is 10.1. The molecular formula is C26H25N3O6. The Hall–Kier alpha value is -4.79. The van der Waals surface area contributed by atoms with Crippen LogP contribution < -0.4 is 25.0 Å². The molecule has 0 spiro atoms. The maximum atomic E-state index is 12.9. The van der Waals surface area contributed by atoms with Crippen molar-refractivity contribution in [2.45, 2.75) is 0 Å². The van der Waals surface area contributed by atoms with Gasteiger partial charge in [-0.15, -0.1) is 0 Å². The average Bonchev–Trinajstić information content (AvgIpc) is 2.89. The van der Waals surface area contributed by atoms with Crippen molar-refractivity contribution < 1.29 is 28.9 Å². The van der Waals surface area contributed by atoms with Gasteiger partial charge >= 0.3 is 0 Å². The molecule has 0 atom stereocenters. The van der Waals surface area contributed by atoms with E-state index < -0.39 is 11.8 Å². The van der Waals surface area contributed by atoms with Gasteiger partial charge in [0.05, 0.1) is 27.5 Å². The monoisotopic (exact) mass is 475 g/mol. The van der Waals surface area contributed by atoms with Crippen molar-refractivity contribution in [2.24, 2.45) is 5.10 Å². The van der Waals surface area contributed by atoms with Gasteiger partial charge < -0.3 is 24.6 Å². The number of hydrogen-bond acceptors (Lipinski definition) is 7. The van der Waals surface area contributed by atoms with Crippen LogP contribution in [0.4, 0.5) is 0 Å². The molecule has 0 heterocycles. The highest BCUT2D eigenvalue weighted by molar-refractivity contribution is 6.05. The molecule has 0 aromatic heterocycles. The molecule has 0 bridgehead atoms. The molecule has 3 aromatic rings. The summed E-state index contributed by atoms with van der Waals surface area (Å²) in [5.74, 6) is -0.0194. The van der Waals surface area contributed by atoms with E-state index in [1.807, 2.05) is 0 Å². The molecule has 3 rings (SSSR count). The lowest BCUT2D eigenvalue weighted by Gasteiger charge is -2.11. The first-order chi connectivity index (χ1) is 17.0. The first kappa shape index (κ1) is 24.8. The molecule has 0 aliphatic heterocycles. The van der Waals surface area contributed by atoms with Crippen LogP contribution >= 0.6 is 0 Å². The van der Waals surface area contributed by atoms with E-state index in [4.69, 9.17) is 14.2 Å². The Morgan fingerprint density at radius 1 is 0.857 bits per heavy atom. The Labute approximate surface area is 202 Å². The average molecular weight is 476 g/mol.